The number of carbonyl (C=O) groups is 1. The van der Waals surface area contributed by atoms with Gasteiger partial charge in [0.1, 0.15) is 24.7 Å². The van der Waals surface area contributed by atoms with Crippen molar-refractivity contribution in [3.63, 3.8) is 0 Å². The molecule has 10 heteroatoms. The third kappa shape index (κ3) is 3.80. The van der Waals surface area contributed by atoms with Crippen molar-refractivity contribution in [2.45, 2.75) is 25.3 Å². The van der Waals surface area contributed by atoms with Crippen molar-refractivity contribution in [3.05, 3.63) is 30.0 Å². The van der Waals surface area contributed by atoms with Crippen LogP contribution in [0, 0.1) is 0 Å². The second kappa shape index (κ2) is 8.43. The van der Waals surface area contributed by atoms with E-state index >= 15 is 0 Å². The maximum Gasteiger partial charge on any atom is 0.257 e. The summed E-state index contributed by atoms with van der Waals surface area (Å²) in [5, 5.41) is 7.76. The topological polar surface area (TPSA) is 114 Å². The predicted octanol–water partition coefficient (Wildman–Crippen LogP) is 2.91. The van der Waals surface area contributed by atoms with E-state index in [0.29, 0.717) is 74.3 Å². The first-order valence-corrected chi connectivity index (χ1v) is 11.4. The number of aromatic amines is 1. The first-order chi connectivity index (χ1) is 16.3. The van der Waals surface area contributed by atoms with E-state index in [1.54, 1.807) is 11.0 Å². The molecule has 2 aliphatic heterocycles. The van der Waals surface area contributed by atoms with Gasteiger partial charge in [-0.05, 0) is 37.5 Å². The number of fused-ring (bicyclic) bond motifs is 2. The first kappa shape index (κ1) is 20.1. The summed E-state index contributed by atoms with van der Waals surface area (Å²) in [5.74, 6) is 2.12. The Kier molecular flexibility index (Phi) is 5.14. The van der Waals surface area contributed by atoms with Crippen LogP contribution < -0.4 is 20.1 Å². The number of aromatic nitrogens is 3. The molecule has 0 bridgehead atoms. The molecule has 3 aromatic rings. The Morgan fingerprint density at radius 3 is 2.64 bits per heavy atom. The lowest BCUT2D eigenvalue weighted by Crippen LogP contribution is -2.41. The van der Waals surface area contributed by atoms with Gasteiger partial charge in [-0.1, -0.05) is 0 Å². The Bertz CT molecular complexity index is 1190. The number of amides is 1. The Balaban J connectivity index is 1.32. The lowest BCUT2D eigenvalue weighted by atomic mass is 9.93. The minimum Gasteiger partial charge on any atom is -0.485 e. The highest BCUT2D eigenvalue weighted by Gasteiger charge is 2.28. The molecule has 2 fully saturated rings. The minimum atomic E-state index is -0.0809. The number of H-pyrrole nitrogens is 1. The van der Waals surface area contributed by atoms with Gasteiger partial charge in [0, 0.05) is 25.3 Å². The monoisotopic (exact) mass is 450 g/mol. The van der Waals surface area contributed by atoms with E-state index in [1.807, 2.05) is 18.3 Å². The largest absolute Gasteiger partial charge is 0.485 e. The van der Waals surface area contributed by atoms with Gasteiger partial charge in [0.05, 0.1) is 29.9 Å². The van der Waals surface area contributed by atoms with Gasteiger partial charge in [0.2, 0.25) is 5.95 Å². The molecule has 0 atom stereocenters. The fraction of sp³-hybridized carbons (Fsp3) is 0.435. The van der Waals surface area contributed by atoms with Gasteiger partial charge in [0.15, 0.2) is 11.5 Å². The number of ether oxygens (including phenoxy) is 3. The number of hydrogen-bond donors (Lipinski definition) is 3. The minimum absolute atomic E-state index is 0.0809. The highest BCUT2D eigenvalue weighted by atomic mass is 16.6. The normalized spacial score (nSPS) is 18.1. The maximum atomic E-state index is 13.1. The summed E-state index contributed by atoms with van der Waals surface area (Å²) in [4.78, 5) is 27.4. The molecule has 2 aromatic heterocycles. The first-order valence-electron chi connectivity index (χ1n) is 11.4. The van der Waals surface area contributed by atoms with Crippen LogP contribution in [-0.2, 0) is 4.74 Å². The van der Waals surface area contributed by atoms with Crippen LogP contribution in [0.5, 0.6) is 11.5 Å². The van der Waals surface area contributed by atoms with Crippen molar-refractivity contribution in [1.29, 1.82) is 0 Å². The van der Waals surface area contributed by atoms with E-state index in [9.17, 15) is 4.79 Å². The average Bonchev–Trinajstić information content (AvgIpc) is 3.31. The fourth-order valence-corrected chi connectivity index (χ4v) is 4.31. The van der Waals surface area contributed by atoms with Crippen molar-refractivity contribution in [3.8, 4) is 11.5 Å². The zero-order valence-corrected chi connectivity index (χ0v) is 18.2. The Labute approximate surface area is 190 Å². The molecule has 0 radical (unpaired) electrons. The standard InChI is InChI=1S/C23H26N6O4/c30-22(29-8-10-31-11-9-29)15-4-5-17(19-18(15)32-12-13-33-19)26-23-27-20-16(6-7-24-20)21(28-23)25-14-2-1-3-14/h4-7,14H,1-3,8-13H2,(H3,24,25,26,27,28). The summed E-state index contributed by atoms with van der Waals surface area (Å²) >= 11 is 0. The van der Waals surface area contributed by atoms with Crippen molar-refractivity contribution in [2.24, 2.45) is 0 Å². The molecule has 1 amide bonds. The zero-order valence-electron chi connectivity index (χ0n) is 18.2. The smallest absolute Gasteiger partial charge is 0.257 e. The van der Waals surface area contributed by atoms with Crippen molar-refractivity contribution < 1.29 is 19.0 Å². The van der Waals surface area contributed by atoms with E-state index in [-0.39, 0.29) is 5.91 Å². The van der Waals surface area contributed by atoms with Crippen LogP contribution in [0.4, 0.5) is 17.5 Å². The molecule has 33 heavy (non-hydrogen) atoms. The number of anilines is 3. The van der Waals surface area contributed by atoms with E-state index in [0.717, 1.165) is 29.7 Å². The third-order valence-corrected chi connectivity index (χ3v) is 6.33. The second-order valence-electron chi connectivity index (χ2n) is 8.45. The number of nitrogens with zero attached hydrogens (tertiary/aromatic N) is 3. The van der Waals surface area contributed by atoms with E-state index < -0.39 is 0 Å². The van der Waals surface area contributed by atoms with Gasteiger partial charge in [0.25, 0.3) is 5.91 Å². The Hall–Kier alpha value is -3.53. The number of hydrogen-bond acceptors (Lipinski definition) is 8. The lowest BCUT2D eigenvalue weighted by Gasteiger charge is -2.29. The Morgan fingerprint density at radius 1 is 1.03 bits per heavy atom. The molecule has 3 aliphatic rings. The molecule has 172 valence electrons. The fourth-order valence-electron chi connectivity index (χ4n) is 4.31. The van der Waals surface area contributed by atoms with Crippen LogP contribution in [0.15, 0.2) is 24.4 Å². The molecule has 10 nitrogen and oxygen atoms in total. The second-order valence-corrected chi connectivity index (χ2v) is 8.45. The lowest BCUT2D eigenvalue weighted by molar-refractivity contribution is 0.0298. The Morgan fingerprint density at radius 2 is 1.85 bits per heavy atom. The van der Waals surface area contributed by atoms with Gasteiger partial charge >= 0.3 is 0 Å². The van der Waals surface area contributed by atoms with Crippen LogP contribution in [0.2, 0.25) is 0 Å². The number of carbonyl (C=O) groups excluding carboxylic acids is 1. The van der Waals surface area contributed by atoms with Crippen LogP contribution in [-0.4, -0.2) is 71.3 Å². The predicted molar refractivity (Wildman–Crippen MR) is 123 cm³/mol. The van der Waals surface area contributed by atoms with Crippen LogP contribution >= 0.6 is 0 Å². The number of rotatable bonds is 5. The van der Waals surface area contributed by atoms with Crippen molar-refractivity contribution in [1.82, 2.24) is 19.9 Å². The summed E-state index contributed by atoms with van der Waals surface area (Å²) in [6.07, 6.45) is 5.40. The molecular formula is C23H26N6O4. The highest BCUT2D eigenvalue weighted by Crippen LogP contribution is 2.42. The van der Waals surface area contributed by atoms with Crippen LogP contribution in [0.3, 0.4) is 0 Å². The van der Waals surface area contributed by atoms with E-state index in [2.05, 4.69) is 20.6 Å². The van der Waals surface area contributed by atoms with Gasteiger partial charge < -0.3 is 34.7 Å². The molecule has 1 saturated carbocycles. The molecule has 3 N–H and O–H groups in total. The summed E-state index contributed by atoms with van der Waals surface area (Å²) in [7, 11) is 0. The summed E-state index contributed by atoms with van der Waals surface area (Å²) < 4.78 is 17.2. The molecule has 6 rings (SSSR count). The average molecular weight is 450 g/mol. The van der Waals surface area contributed by atoms with E-state index in [4.69, 9.17) is 19.2 Å². The molecule has 0 unspecified atom stereocenters. The quantitative estimate of drug-likeness (QED) is 0.544. The SMILES string of the molecule is O=C(c1ccc(Nc2nc(NC3CCC3)c3cc[nH]c3n2)c2c1OCCO2)N1CCOCC1. The number of benzene rings is 1. The highest BCUT2D eigenvalue weighted by molar-refractivity contribution is 5.99. The summed E-state index contributed by atoms with van der Waals surface area (Å²) in [6.45, 7) is 3.01. The summed E-state index contributed by atoms with van der Waals surface area (Å²) in [5.41, 5.74) is 1.90. The summed E-state index contributed by atoms with van der Waals surface area (Å²) in [6, 6.07) is 6.02. The number of nitrogens with one attached hydrogen (secondary N) is 3. The molecule has 1 aromatic carbocycles. The molecule has 1 saturated heterocycles. The molecule has 4 heterocycles. The van der Waals surface area contributed by atoms with Gasteiger partial charge in [-0.15, -0.1) is 0 Å². The van der Waals surface area contributed by atoms with Crippen molar-refractivity contribution in [2.75, 3.05) is 50.2 Å². The van der Waals surface area contributed by atoms with Crippen molar-refractivity contribution >= 4 is 34.4 Å². The number of morpholine rings is 1. The van der Waals surface area contributed by atoms with E-state index in [1.165, 1.54) is 6.42 Å². The zero-order chi connectivity index (χ0) is 22.2. The molecule has 0 spiro atoms. The maximum absolute atomic E-state index is 13.1. The molecular weight excluding hydrogens is 424 g/mol. The van der Waals surface area contributed by atoms with Crippen LogP contribution in [0.25, 0.3) is 11.0 Å². The van der Waals surface area contributed by atoms with Gasteiger partial charge in [-0.25, -0.2) is 0 Å². The molecule has 1 aliphatic carbocycles. The van der Waals surface area contributed by atoms with Gasteiger partial charge in [-0.2, -0.15) is 9.97 Å². The third-order valence-electron chi connectivity index (χ3n) is 6.33. The van der Waals surface area contributed by atoms with Gasteiger partial charge in [-0.3, -0.25) is 4.79 Å². The van der Waals surface area contributed by atoms with Crippen LogP contribution in [0.1, 0.15) is 29.6 Å².